The molecule has 3 aromatic rings. The second-order valence-corrected chi connectivity index (χ2v) is 8.94. The summed E-state index contributed by atoms with van der Waals surface area (Å²) in [6.45, 7) is 0.990. The summed E-state index contributed by atoms with van der Waals surface area (Å²) in [5.41, 5.74) is 9.71. The van der Waals surface area contributed by atoms with E-state index in [9.17, 15) is 9.59 Å². The van der Waals surface area contributed by atoms with Gasteiger partial charge in [-0.3, -0.25) is 9.69 Å². The third kappa shape index (κ3) is 4.38. The minimum Gasteiger partial charge on any atom is -0.397 e. The van der Waals surface area contributed by atoms with Crippen molar-refractivity contribution >= 4 is 46.0 Å². The summed E-state index contributed by atoms with van der Waals surface area (Å²) < 4.78 is 0. The number of hydrogen-bond acceptors (Lipinski definition) is 6. The fraction of sp³-hybridized carbons (Fsp3) is 0.261. The molecule has 0 unspecified atom stereocenters. The van der Waals surface area contributed by atoms with Crippen LogP contribution in [0.4, 0.5) is 27.5 Å². The fourth-order valence-electron chi connectivity index (χ4n) is 3.54. The van der Waals surface area contributed by atoms with Crippen LogP contribution in [-0.2, 0) is 13.0 Å². The highest BCUT2D eigenvalue weighted by molar-refractivity contribution is 7.13. The quantitative estimate of drug-likeness (QED) is 0.592. The number of nitrogen functional groups attached to an aromatic ring is 1. The average Bonchev–Trinajstić information content (AvgIpc) is 3.23. The van der Waals surface area contributed by atoms with Crippen molar-refractivity contribution in [1.82, 2.24) is 9.88 Å². The van der Waals surface area contributed by atoms with E-state index in [0.29, 0.717) is 35.9 Å². The number of hydrogen-bond donors (Lipinski definition) is 2. The molecule has 0 saturated heterocycles. The molecule has 3 amide bonds. The van der Waals surface area contributed by atoms with Crippen molar-refractivity contribution in [2.45, 2.75) is 13.0 Å². The number of carbonyl (C=O) groups excluding carboxylic acids is 2. The Balaban J connectivity index is 1.46. The number of anilines is 4. The van der Waals surface area contributed by atoms with E-state index >= 15 is 0 Å². The third-order valence-electron chi connectivity index (χ3n) is 5.43. The molecule has 166 valence electrons. The van der Waals surface area contributed by atoms with Crippen LogP contribution < -0.4 is 20.9 Å². The maximum absolute atomic E-state index is 13.1. The summed E-state index contributed by atoms with van der Waals surface area (Å²) in [7, 11) is 5.72. The minimum atomic E-state index is -0.294. The summed E-state index contributed by atoms with van der Waals surface area (Å²) >= 11 is 1.32. The Labute approximate surface area is 191 Å². The summed E-state index contributed by atoms with van der Waals surface area (Å²) in [6, 6.07) is 14.9. The van der Waals surface area contributed by atoms with Crippen molar-refractivity contribution < 1.29 is 9.59 Å². The lowest BCUT2D eigenvalue weighted by molar-refractivity contribution is 0.102. The second-order valence-electron chi connectivity index (χ2n) is 7.86. The molecule has 9 heteroatoms. The Morgan fingerprint density at radius 3 is 2.59 bits per heavy atom. The largest absolute Gasteiger partial charge is 0.397 e. The molecule has 3 N–H and O–H groups in total. The smallest absolute Gasteiger partial charge is 0.324 e. The van der Waals surface area contributed by atoms with Crippen LogP contribution in [0.15, 0.2) is 48.5 Å². The molecule has 1 aliphatic rings. The minimum absolute atomic E-state index is 0.0805. The number of carbonyl (C=O) groups is 2. The highest BCUT2D eigenvalue weighted by Crippen LogP contribution is 2.28. The first-order valence-electron chi connectivity index (χ1n) is 10.3. The Morgan fingerprint density at radius 1 is 1.09 bits per heavy atom. The molecule has 0 aliphatic carbocycles. The highest BCUT2D eigenvalue weighted by Gasteiger charge is 2.28. The molecule has 0 spiro atoms. The van der Waals surface area contributed by atoms with E-state index < -0.39 is 0 Å². The number of urea groups is 1. The van der Waals surface area contributed by atoms with E-state index in [1.165, 1.54) is 11.3 Å². The molecule has 0 radical (unpaired) electrons. The van der Waals surface area contributed by atoms with Gasteiger partial charge in [0.1, 0.15) is 0 Å². The number of benzene rings is 2. The maximum Gasteiger partial charge on any atom is 0.324 e. The average molecular weight is 451 g/mol. The van der Waals surface area contributed by atoms with Gasteiger partial charge in [0.15, 0.2) is 5.01 Å². The lowest BCUT2D eigenvalue weighted by Crippen LogP contribution is -2.43. The predicted molar refractivity (Wildman–Crippen MR) is 130 cm³/mol. The van der Waals surface area contributed by atoms with Crippen molar-refractivity contribution in [1.29, 1.82) is 0 Å². The molecule has 1 aromatic heterocycles. The number of nitrogens with one attached hydrogen (secondary N) is 1. The number of aromatic nitrogens is 1. The van der Waals surface area contributed by atoms with Gasteiger partial charge in [0.2, 0.25) is 0 Å². The van der Waals surface area contributed by atoms with Gasteiger partial charge in [0, 0.05) is 50.4 Å². The van der Waals surface area contributed by atoms with Gasteiger partial charge in [-0.25, -0.2) is 9.78 Å². The van der Waals surface area contributed by atoms with Gasteiger partial charge < -0.3 is 20.9 Å². The number of fused-ring (bicyclic) bond motifs is 1. The van der Waals surface area contributed by atoms with E-state index in [0.717, 1.165) is 21.9 Å². The molecular formula is C23H26N6O2S. The lowest BCUT2D eigenvalue weighted by Gasteiger charge is -2.31. The van der Waals surface area contributed by atoms with Crippen molar-refractivity contribution in [2.24, 2.45) is 0 Å². The van der Waals surface area contributed by atoms with Crippen LogP contribution in [0, 0.1) is 0 Å². The topological polar surface area (TPSA) is 94.8 Å². The number of thiazole rings is 1. The molecular weight excluding hydrogens is 424 g/mol. The van der Waals surface area contributed by atoms with E-state index in [-0.39, 0.29) is 11.9 Å². The predicted octanol–water partition coefficient (Wildman–Crippen LogP) is 3.66. The highest BCUT2D eigenvalue weighted by atomic mass is 32.1. The normalized spacial score (nSPS) is 12.8. The first kappa shape index (κ1) is 21.6. The Bertz CT molecular complexity index is 1160. The molecule has 32 heavy (non-hydrogen) atoms. The molecule has 8 nitrogen and oxygen atoms in total. The van der Waals surface area contributed by atoms with E-state index in [2.05, 4.69) is 10.3 Å². The molecule has 0 bridgehead atoms. The molecule has 1 aliphatic heterocycles. The molecule has 2 aromatic carbocycles. The van der Waals surface area contributed by atoms with Gasteiger partial charge in [-0.1, -0.05) is 18.2 Å². The third-order valence-corrected chi connectivity index (χ3v) is 6.51. The standard InChI is InChI=1S/C23H26N6O2S/c1-27(2)15-7-6-8-16(13-15)28(3)23(31)29-12-11-19-20(14-29)32-22(26-19)21(30)25-18-10-5-4-9-17(18)24/h4-10,13H,11-12,14,24H2,1-3H3,(H,25,30). The first-order valence-corrected chi connectivity index (χ1v) is 11.1. The molecule has 4 rings (SSSR count). The Kier molecular flexibility index (Phi) is 6.00. The van der Waals surface area contributed by atoms with Gasteiger partial charge in [-0.15, -0.1) is 11.3 Å². The van der Waals surface area contributed by atoms with E-state index in [4.69, 9.17) is 5.73 Å². The van der Waals surface area contributed by atoms with Gasteiger partial charge in [-0.2, -0.15) is 0 Å². The number of nitrogens with two attached hydrogens (primary N) is 1. The SMILES string of the molecule is CN(C)c1cccc(N(C)C(=O)N2CCc3nc(C(=O)Nc4ccccc4N)sc3C2)c1. The fourth-order valence-corrected chi connectivity index (χ4v) is 4.56. The monoisotopic (exact) mass is 450 g/mol. The van der Waals surface area contributed by atoms with Crippen LogP contribution in [-0.4, -0.2) is 49.5 Å². The van der Waals surface area contributed by atoms with Gasteiger partial charge in [0.25, 0.3) is 5.91 Å². The zero-order valence-corrected chi connectivity index (χ0v) is 19.1. The number of para-hydroxylation sites is 2. The Morgan fingerprint density at radius 2 is 1.84 bits per heavy atom. The molecule has 2 heterocycles. The van der Waals surface area contributed by atoms with Gasteiger partial charge >= 0.3 is 6.03 Å². The molecule has 0 atom stereocenters. The first-order chi connectivity index (χ1) is 15.3. The van der Waals surface area contributed by atoms with Gasteiger partial charge in [-0.05, 0) is 30.3 Å². The van der Waals surface area contributed by atoms with Crippen LogP contribution in [0.3, 0.4) is 0 Å². The number of amides is 3. The van der Waals surface area contributed by atoms with Crippen molar-refractivity contribution in [2.75, 3.05) is 48.5 Å². The molecule has 0 saturated carbocycles. The van der Waals surface area contributed by atoms with Crippen molar-refractivity contribution in [3.8, 4) is 0 Å². The second kappa shape index (κ2) is 8.88. The Hall–Kier alpha value is -3.59. The van der Waals surface area contributed by atoms with Crippen LogP contribution >= 0.6 is 11.3 Å². The van der Waals surface area contributed by atoms with E-state index in [1.807, 2.05) is 55.4 Å². The summed E-state index contributed by atoms with van der Waals surface area (Å²) in [6.07, 6.45) is 0.615. The molecule has 0 fully saturated rings. The summed E-state index contributed by atoms with van der Waals surface area (Å²) in [5.74, 6) is -0.294. The zero-order valence-electron chi connectivity index (χ0n) is 18.3. The number of nitrogens with zero attached hydrogens (tertiary/aromatic N) is 4. The van der Waals surface area contributed by atoms with Crippen molar-refractivity contribution in [3.05, 3.63) is 64.1 Å². The van der Waals surface area contributed by atoms with Crippen LogP contribution in [0.1, 0.15) is 20.4 Å². The van der Waals surface area contributed by atoms with Gasteiger partial charge in [0.05, 0.1) is 23.6 Å². The van der Waals surface area contributed by atoms with Crippen LogP contribution in [0.25, 0.3) is 0 Å². The van der Waals surface area contributed by atoms with Crippen molar-refractivity contribution in [3.63, 3.8) is 0 Å². The van der Waals surface area contributed by atoms with Crippen LogP contribution in [0.2, 0.25) is 0 Å². The van der Waals surface area contributed by atoms with E-state index in [1.54, 1.807) is 29.0 Å². The van der Waals surface area contributed by atoms with Crippen LogP contribution in [0.5, 0.6) is 0 Å². The lowest BCUT2D eigenvalue weighted by atomic mass is 10.2. The zero-order chi connectivity index (χ0) is 22.8. The summed E-state index contributed by atoms with van der Waals surface area (Å²) in [5, 5.41) is 3.19. The number of rotatable bonds is 4. The maximum atomic E-state index is 13.1. The summed E-state index contributed by atoms with van der Waals surface area (Å²) in [4.78, 5) is 36.7.